The Morgan fingerprint density at radius 2 is 1.57 bits per heavy atom. The molecule has 1 N–H and O–H groups in total. The van der Waals surface area contributed by atoms with E-state index in [0.29, 0.717) is 12.0 Å². The molecule has 3 aromatic carbocycles. The third-order valence-electron chi connectivity index (χ3n) is 6.51. The highest BCUT2D eigenvalue weighted by atomic mass is 35.5. The number of halogens is 3. The minimum Gasteiger partial charge on any atom is -0.352 e. The van der Waals surface area contributed by atoms with Crippen LogP contribution in [-0.2, 0) is 26.2 Å². The summed E-state index contributed by atoms with van der Waals surface area (Å²) in [4.78, 5) is 28.2. The van der Waals surface area contributed by atoms with E-state index in [1.165, 1.54) is 59.5 Å². The van der Waals surface area contributed by atoms with Crippen LogP contribution in [0.15, 0.2) is 71.6 Å². The van der Waals surface area contributed by atoms with E-state index in [0.717, 1.165) is 9.87 Å². The molecule has 0 aromatic heterocycles. The largest absolute Gasteiger partial charge is 0.352 e. The first-order chi connectivity index (χ1) is 18.8. The number of hydrogen-bond acceptors (Lipinski definition) is 4. The van der Waals surface area contributed by atoms with Crippen molar-refractivity contribution in [1.82, 2.24) is 10.2 Å². The summed E-state index contributed by atoms with van der Waals surface area (Å²) in [5.41, 5.74) is 1.56. The minimum absolute atomic E-state index is 0.0235. The van der Waals surface area contributed by atoms with Crippen LogP contribution in [0.4, 0.5) is 10.1 Å². The summed E-state index contributed by atoms with van der Waals surface area (Å²) >= 11 is 12.3. The molecule has 40 heavy (non-hydrogen) atoms. The van der Waals surface area contributed by atoms with E-state index in [1.54, 1.807) is 19.1 Å². The Hall–Kier alpha value is -3.14. The molecule has 0 fully saturated rings. The van der Waals surface area contributed by atoms with E-state index in [1.807, 2.05) is 20.8 Å². The molecule has 0 radical (unpaired) electrons. The standard InChI is InChI=1S/C29H32Cl2FN3O4S/c1-5-20(3)33-29(37)21(4)34(17-22-8-10-23(32)11-9-22)28(36)18-35(24-12-15-26(30)27(31)16-24)40(38,39)25-13-6-19(2)7-14-25/h6-16,20-21H,5,17-18H2,1-4H3,(H,33,37). The van der Waals surface area contributed by atoms with Gasteiger partial charge in [-0.15, -0.1) is 0 Å². The zero-order valence-corrected chi connectivity index (χ0v) is 25.0. The summed E-state index contributed by atoms with van der Waals surface area (Å²) in [6.07, 6.45) is 0.685. The third kappa shape index (κ3) is 7.74. The first kappa shape index (κ1) is 31.4. The molecule has 0 aliphatic rings. The van der Waals surface area contributed by atoms with E-state index >= 15 is 0 Å². The first-order valence-corrected chi connectivity index (χ1v) is 14.9. The van der Waals surface area contributed by atoms with Gasteiger partial charge in [0.2, 0.25) is 11.8 Å². The second-order valence-electron chi connectivity index (χ2n) is 9.57. The van der Waals surface area contributed by atoms with Gasteiger partial charge in [0.15, 0.2) is 0 Å². The number of rotatable bonds is 11. The summed E-state index contributed by atoms with van der Waals surface area (Å²) in [6.45, 7) is 6.48. The van der Waals surface area contributed by atoms with E-state index < -0.39 is 40.2 Å². The SMILES string of the molecule is CCC(C)NC(=O)C(C)N(Cc1ccc(F)cc1)C(=O)CN(c1ccc(Cl)c(Cl)c1)S(=O)(=O)c1ccc(C)cc1. The van der Waals surface area contributed by atoms with Crippen LogP contribution in [0.5, 0.6) is 0 Å². The molecule has 0 bridgehead atoms. The predicted molar refractivity (Wildman–Crippen MR) is 156 cm³/mol. The van der Waals surface area contributed by atoms with Crippen molar-refractivity contribution in [1.29, 1.82) is 0 Å². The summed E-state index contributed by atoms with van der Waals surface area (Å²) in [5, 5.41) is 3.19. The molecule has 3 aromatic rings. The molecule has 0 spiro atoms. The Labute approximate surface area is 244 Å². The van der Waals surface area contributed by atoms with Crippen LogP contribution in [0.2, 0.25) is 10.0 Å². The zero-order valence-electron chi connectivity index (χ0n) is 22.7. The van der Waals surface area contributed by atoms with E-state index in [9.17, 15) is 22.4 Å². The highest BCUT2D eigenvalue weighted by Gasteiger charge is 2.33. The van der Waals surface area contributed by atoms with Gasteiger partial charge in [0.05, 0.1) is 20.6 Å². The van der Waals surface area contributed by atoms with Crippen LogP contribution in [0.25, 0.3) is 0 Å². The van der Waals surface area contributed by atoms with Gasteiger partial charge in [0, 0.05) is 12.6 Å². The van der Waals surface area contributed by atoms with Crippen LogP contribution in [-0.4, -0.2) is 43.8 Å². The molecule has 0 aliphatic carbocycles. The molecule has 0 saturated heterocycles. The van der Waals surface area contributed by atoms with Gasteiger partial charge in [0.25, 0.3) is 10.0 Å². The summed E-state index contributed by atoms with van der Waals surface area (Å²) < 4.78 is 42.2. The topological polar surface area (TPSA) is 86.8 Å². The average molecular weight is 609 g/mol. The molecule has 2 amide bonds. The van der Waals surface area contributed by atoms with Gasteiger partial charge < -0.3 is 10.2 Å². The number of benzene rings is 3. The number of hydrogen-bond donors (Lipinski definition) is 1. The summed E-state index contributed by atoms with van der Waals surface area (Å²) in [5.74, 6) is -1.48. The third-order valence-corrected chi connectivity index (χ3v) is 9.04. The number of anilines is 1. The molecular weight excluding hydrogens is 576 g/mol. The number of nitrogens with zero attached hydrogens (tertiary/aromatic N) is 2. The zero-order chi connectivity index (χ0) is 29.6. The van der Waals surface area contributed by atoms with E-state index in [4.69, 9.17) is 23.2 Å². The lowest BCUT2D eigenvalue weighted by atomic mass is 10.1. The van der Waals surface area contributed by atoms with Crippen molar-refractivity contribution in [3.05, 3.63) is 93.7 Å². The molecule has 0 heterocycles. The number of amides is 2. The Morgan fingerprint density at radius 1 is 0.950 bits per heavy atom. The van der Waals surface area contributed by atoms with Gasteiger partial charge in [-0.25, -0.2) is 12.8 Å². The van der Waals surface area contributed by atoms with Crippen molar-refractivity contribution in [3.63, 3.8) is 0 Å². The molecule has 2 atom stereocenters. The monoisotopic (exact) mass is 607 g/mol. The highest BCUT2D eigenvalue weighted by Crippen LogP contribution is 2.31. The highest BCUT2D eigenvalue weighted by molar-refractivity contribution is 7.92. The molecular formula is C29H32Cl2FN3O4S. The molecule has 2 unspecified atom stereocenters. The van der Waals surface area contributed by atoms with Gasteiger partial charge in [-0.1, -0.05) is 60.0 Å². The second kappa shape index (κ2) is 13.5. The van der Waals surface area contributed by atoms with Crippen molar-refractivity contribution in [3.8, 4) is 0 Å². The summed E-state index contributed by atoms with van der Waals surface area (Å²) in [7, 11) is -4.24. The number of carbonyl (C=O) groups is 2. The van der Waals surface area contributed by atoms with Crippen molar-refractivity contribution < 1.29 is 22.4 Å². The van der Waals surface area contributed by atoms with Crippen LogP contribution in [0.3, 0.4) is 0 Å². The molecule has 3 rings (SSSR count). The predicted octanol–water partition coefficient (Wildman–Crippen LogP) is 5.97. The molecule has 11 heteroatoms. The number of sulfonamides is 1. The fourth-order valence-corrected chi connectivity index (χ4v) is 5.54. The lowest BCUT2D eigenvalue weighted by molar-refractivity contribution is -0.139. The first-order valence-electron chi connectivity index (χ1n) is 12.7. The van der Waals surface area contributed by atoms with Crippen molar-refractivity contribution >= 4 is 50.7 Å². The smallest absolute Gasteiger partial charge is 0.264 e. The summed E-state index contributed by atoms with van der Waals surface area (Å²) in [6, 6.07) is 14.9. The van der Waals surface area contributed by atoms with Gasteiger partial charge >= 0.3 is 0 Å². The number of nitrogens with one attached hydrogen (secondary N) is 1. The fourth-order valence-electron chi connectivity index (χ4n) is 3.84. The van der Waals surface area contributed by atoms with Crippen LogP contribution in [0.1, 0.15) is 38.3 Å². The van der Waals surface area contributed by atoms with Crippen LogP contribution < -0.4 is 9.62 Å². The quantitative estimate of drug-likeness (QED) is 0.291. The Kier molecular flexibility index (Phi) is 10.6. The van der Waals surface area contributed by atoms with Crippen molar-refractivity contribution in [2.24, 2.45) is 0 Å². The normalized spacial score (nSPS) is 12.9. The molecule has 7 nitrogen and oxygen atoms in total. The van der Waals surface area contributed by atoms with Gasteiger partial charge in [-0.05, 0) is 75.2 Å². The average Bonchev–Trinajstić information content (AvgIpc) is 2.92. The van der Waals surface area contributed by atoms with Crippen LogP contribution in [0, 0.1) is 12.7 Å². The Morgan fingerprint density at radius 3 is 2.15 bits per heavy atom. The van der Waals surface area contributed by atoms with E-state index in [2.05, 4.69) is 5.32 Å². The molecule has 0 aliphatic heterocycles. The Bertz CT molecular complexity index is 1450. The molecule has 214 valence electrons. The lowest BCUT2D eigenvalue weighted by Gasteiger charge is -2.32. The minimum atomic E-state index is -4.24. The van der Waals surface area contributed by atoms with Gasteiger partial charge in [-0.3, -0.25) is 13.9 Å². The second-order valence-corrected chi connectivity index (χ2v) is 12.2. The maximum Gasteiger partial charge on any atom is 0.264 e. The number of carbonyl (C=O) groups excluding carboxylic acids is 2. The van der Waals surface area contributed by atoms with Crippen molar-refractivity contribution in [2.75, 3.05) is 10.8 Å². The van der Waals surface area contributed by atoms with Gasteiger partial charge in [0.1, 0.15) is 18.4 Å². The fraction of sp³-hybridized carbons (Fsp3) is 0.310. The van der Waals surface area contributed by atoms with Gasteiger partial charge in [-0.2, -0.15) is 0 Å². The maximum atomic E-state index is 13.9. The molecule has 0 saturated carbocycles. The maximum absolute atomic E-state index is 13.9. The van der Waals surface area contributed by atoms with E-state index in [-0.39, 0.29) is 33.2 Å². The van der Waals surface area contributed by atoms with Crippen LogP contribution >= 0.6 is 23.2 Å². The lowest BCUT2D eigenvalue weighted by Crippen LogP contribution is -2.52. The number of aryl methyl sites for hydroxylation is 1. The Balaban J connectivity index is 2.04. The van der Waals surface area contributed by atoms with Crippen molar-refractivity contribution in [2.45, 2.75) is 57.6 Å².